The second-order valence-corrected chi connectivity index (χ2v) is 6.75. The molecule has 1 aromatic carbocycles. The first-order valence-corrected chi connectivity index (χ1v) is 8.73. The molecule has 1 heterocycles. The number of oxime groups is 1. The van der Waals surface area contributed by atoms with E-state index in [9.17, 15) is 9.59 Å². The third-order valence-electron chi connectivity index (χ3n) is 4.55. The number of aryl methyl sites for hydroxylation is 2. The standard InChI is InChI=1S/C19H27N3O3/c1-13-8-9-17(14(2)10-13)21-18(23)11-20-25-12-19(24)22-15(3)6-5-7-16(22)4/h8-11,15-16H,5-7,12H2,1-4H3,(H,21,23)/b20-11-/t15-,16-/m0/s1. The third-order valence-corrected chi connectivity index (χ3v) is 4.55. The van der Waals surface area contributed by atoms with Crippen LogP contribution < -0.4 is 5.32 Å². The van der Waals surface area contributed by atoms with E-state index in [1.807, 2.05) is 50.8 Å². The fourth-order valence-corrected chi connectivity index (χ4v) is 3.28. The molecule has 2 rings (SSSR count). The van der Waals surface area contributed by atoms with Crippen LogP contribution in [0.25, 0.3) is 0 Å². The monoisotopic (exact) mass is 345 g/mol. The van der Waals surface area contributed by atoms with Gasteiger partial charge in [-0.25, -0.2) is 0 Å². The number of hydrogen-bond acceptors (Lipinski definition) is 4. The summed E-state index contributed by atoms with van der Waals surface area (Å²) in [5.41, 5.74) is 2.84. The Morgan fingerprint density at radius 2 is 1.96 bits per heavy atom. The summed E-state index contributed by atoms with van der Waals surface area (Å²) in [6.45, 7) is 7.87. The lowest BCUT2D eigenvalue weighted by Crippen LogP contribution is -2.48. The van der Waals surface area contributed by atoms with Gasteiger partial charge in [-0.15, -0.1) is 0 Å². The van der Waals surface area contributed by atoms with Crippen molar-refractivity contribution in [1.82, 2.24) is 4.90 Å². The molecule has 6 nitrogen and oxygen atoms in total. The molecule has 0 spiro atoms. The molecular weight excluding hydrogens is 318 g/mol. The van der Waals surface area contributed by atoms with Crippen LogP contribution in [0.2, 0.25) is 0 Å². The largest absolute Gasteiger partial charge is 0.386 e. The van der Waals surface area contributed by atoms with Gasteiger partial charge in [-0.2, -0.15) is 0 Å². The van der Waals surface area contributed by atoms with Crippen molar-refractivity contribution in [2.75, 3.05) is 11.9 Å². The molecule has 0 radical (unpaired) electrons. The maximum absolute atomic E-state index is 12.3. The summed E-state index contributed by atoms with van der Waals surface area (Å²) in [6, 6.07) is 6.20. The number of carbonyl (C=O) groups is 2. The van der Waals surface area contributed by atoms with Crippen LogP contribution in [-0.2, 0) is 14.4 Å². The second kappa shape index (κ2) is 8.65. The zero-order chi connectivity index (χ0) is 18.4. The molecule has 2 amide bonds. The highest BCUT2D eigenvalue weighted by Gasteiger charge is 2.28. The number of hydrogen-bond donors (Lipinski definition) is 1. The predicted octanol–water partition coefficient (Wildman–Crippen LogP) is 3.03. The van der Waals surface area contributed by atoms with E-state index < -0.39 is 0 Å². The van der Waals surface area contributed by atoms with E-state index in [4.69, 9.17) is 4.84 Å². The lowest BCUT2D eigenvalue weighted by atomic mass is 9.97. The average Bonchev–Trinajstić information content (AvgIpc) is 2.54. The molecule has 0 saturated carbocycles. The predicted molar refractivity (Wildman–Crippen MR) is 98.6 cm³/mol. The summed E-state index contributed by atoms with van der Waals surface area (Å²) < 4.78 is 0. The summed E-state index contributed by atoms with van der Waals surface area (Å²) in [5.74, 6) is -0.481. The third kappa shape index (κ3) is 5.31. The van der Waals surface area contributed by atoms with Gasteiger partial charge in [0.15, 0.2) is 6.61 Å². The van der Waals surface area contributed by atoms with Crippen molar-refractivity contribution < 1.29 is 14.4 Å². The highest BCUT2D eigenvalue weighted by atomic mass is 16.6. The topological polar surface area (TPSA) is 71.0 Å². The number of likely N-dealkylation sites (tertiary alicyclic amines) is 1. The summed E-state index contributed by atoms with van der Waals surface area (Å²) in [4.78, 5) is 31.0. The molecule has 0 aliphatic carbocycles. The number of carbonyl (C=O) groups excluding carboxylic acids is 2. The van der Waals surface area contributed by atoms with Crippen LogP contribution >= 0.6 is 0 Å². The van der Waals surface area contributed by atoms with E-state index in [0.29, 0.717) is 0 Å². The fourth-order valence-electron chi connectivity index (χ4n) is 3.28. The van der Waals surface area contributed by atoms with Crippen LogP contribution in [0.4, 0.5) is 5.69 Å². The first-order chi connectivity index (χ1) is 11.9. The van der Waals surface area contributed by atoms with Crippen LogP contribution in [0.3, 0.4) is 0 Å². The van der Waals surface area contributed by atoms with Gasteiger partial charge in [0, 0.05) is 17.8 Å². The molecule has 25 heavy (non-hydrogen) atoms. The summed E-state index contributed by atoms with van der Waals surface area (Å²) >= 11 is 0. The van der Waals surface area contributed by atoms with Gasteiger partial charge in [0.1, 0.15) is 6.21 Å². The second-order valence-electron chi connectivity index (χ2n) is 6.75. The van der Waals surface area contributed by atoms with Crippen molar-refractivity contribution in [2.45, 2.75) is 59.0 Å². The maximum Gasteiger partial charge on any atom is 0.270 e. The molecule has 1 fully saturated rings. The van der Waals surface area contributed by atoms with Crippen LogP contribution in [0.1, 0.15) is 44.2 Å². The van der Waals surface area contributed by atoms with Gasteiger partial charge in [0.25, 0.3) is 11.8 Å². The summed E-state index contributed by atoms with van der Waals surface area (Å²) in [5, 5.41) is 6.35. The molecule has 136 valence electrons. The first kappa shape index (κ1) is 19.0. The average molecular weight is 345 g/mol. The van der Waals surface area contributed by atoms with Gasteiger partial charge in [0.05, 0.1) is 0 Å². The molecule has 0 aromatic heterocycles. The van der Waals surface area contributed by atoms with E-state index >= 15 is 0 Å². The summed E-state index contributed by atoms with van der Waals surface area (Å²) in [7, 11) is 0. The van der Waals surface area contributed by atoms with Crippen molar-refractivity contribution in [1.29, 1.82) is 0 Å². The minimum atomic E-state index is -0.390. The molecule has 0 bridgehead atoms. The molecule has 0 unspecified atom stereocenters. The molecule has 1 aliphatic rings. The Hall–Kier alpha value is -2.37. The molecule has 1 aliphatic heterocycles. The Balaban J connectivity index is 1.80. The Labute approximate surface area is 149 Å². The van der Waals surface area contributed by atoms with E-state index in [0.717, 1.165) is 42.3 Å². The van der Waals surface area contributed by atoms with Gasteiger partial charge in [-0.1, -0.05) is 22.9 Å². The van der Waals surface area contributed by atoms with Crippen LogP contribution in [0, 0.1) is 13.8 Å². The van der Waals surface area contributed by atoms with Gasteiger partial charge in [-0.05, 0) is 58.6 Å². The minimum absolute atomic E-state index is 0.0911. The van der Waals surface area contributed by atoms with Crippen molar-refractivity contribution in [2.24, 2.45) is 5.16 Å². The van der Waals surface area contributed by atoms with Crippen molar-refractivity contribution in [3.63, 3.8) is 0 Å². The van der Waals surface area contributed by atoms with Crippen molar-refractivity contribution in [3.05, 3.63) is 29.3 Å². The Morgan fingerprint density at radius 3 is 2.60 bits per heavy atom. The SMILES string of the molecule is Cc1ccc(NC(=O)/C=N\OCC(=O)N2[C@@H](C)CCC[C@@H]2C)c(C)c1. The van der Waals surface area contributed by atoms with E-state index in [2.05, 4.69) is 10.5 Å². The van der Waals surface area contributed by atoms with E-state index in [-0.39, 0.29) is 30.5 Å². The highest BCUT2D eigenvalue weighted by Crippen LogP contribution is 2.22. The number of piperidine rings is 1. The zero-order valence-corrected chi connectivity index (χ0v) is 15.4. The number of benzene rings is 1. The van der Waals surface area contributed by atoms with Crippen LogP contribution in [-0.4, -0.2) is 41.6 Å². The zero-order valence-electron chi connectivity index (χ0n) is 15.4. The van der Waals surface area contributed by atoms with Crippen LogP contribution in [0.5, 0.6) is 0 Å². The first-order valence-electron chi connectivity index (χ1n) is 8.73. The minimum Gasteiger partial charge on any atom is -0.386 e. The molecule has 1 N–H and O–H groups in total. The highest BCUT2D eigenvalue weighted by molar-refractivity contribution is 6.31. The molecule has 1 aromatic rings. The van der Waals surface area contributed by atoms with Gasteiger partial charge < -0.3 is 15.1 Å². The Morgan fingerprint density at radius 1 is 1.28 bits per heavy atom. The normalized spacial score (nSPS) is 20.6. The smallest absolute Gasteiger partial charge is 0.270 e. The van der Waals surface area contributed by atoms with E-state index in [1.165, 1.54) is 0 Å². The fraction of sp³-hybridized carbons (Fsp3) is 0.526. The molecule has 2 atom stereocenters. The number of amides is 2. The van der Waals surface area contributed by atoms with Crippen LogP contribution in [0.15, 0.2) is 23.4 Å². The van der Waals surface area contributed by atoms with Crippen molar-refractivity contribution >= 4 is 23.7 Å². The number of rotatable bonds is 5. The van der Waals surface area contributed by atoms with Gasteiger partial charge >= 0.3 is 0 Å². The Bertz CT molecular complexity index is 647. The maximum atomic E-state index is 12.3. The van der Waals surface area contributed by atoms with Crippen molar-refractivity contribution in [3.8, 4) is 0 Å². The molecule has 6 heteroatoms. The number of nitrogens with zero attached hydrogens (tertiary/aromatic N) is 2. The van der Waals surface area contributed by atoms with Gasteiger partial charge in [-0.3, -0.25) is 9.59 Å². The molecular formula is C19H27N3O3. The summed E-state index contributed by atoms with van der Waals surface area (Å²) in [6.07, 6.45) is 4.22. The quantitative estimate of drug-likeness (QED) is 0.659. The number of nitrogens with one attached hydrogen (secondary N) is 1. The lowest BCUT2D eigenvalue weighted by molar-refractivity contribution is -0.142. The van der Waals surface area contributed by atoms with E-state index in [1.54, 1.807) is 0 Å². The Kier molecular flexibility index (Phi) is 6.56. The molecule has 1 saturated heterocycles. The van der Waals surface area contributed by atoms with Gasteiger partial charge in [0.2, 0.25) is 0 Å². The lowest BCUT2D eigenvalue weighted by Gasteiger charge is -2.38. The number of anilines is 1.